The molecule has 1 amide bonds. The second-order valence-corrected chi connectivity index (χ2v) is 8.62. The van der Waals surface area contributed by atoms with Gasteiger partial charge in [0, 0.05) is 49.5 Å². The predicted molar refractivity (Wildman–Crippen MR) is 123 cm³/mol. The number of pyridine rings is 2. The Morgan fingerprint density at radius 1 is 1.03 bits per heavy atom. The smallest absolute Gasteiger partial charge is 0.252 e. The average molecular weight is 405 g/mol. The molecule has 5 heteroatoms. The van der Waals surface area contributed by atoms with Crippen LogP contribution in [-0.2, 0) is 0 Å². The Morgan fingerprint density at radius 2 is 1.77 bits per heavy atom. The van der Waals surface area contributed by atoms with E-state index >= 15 is 0 Å². The lowest BCUT2D eigenvalue weighted by atomic mass is 10.0. The van der Waals surface area contributed by atoms with E-state index in [1.165, 1.54) is 0 Å². The van der Waals surface area contributed by atoms with Crippen molar-refractivity contribution in [2.24, 2.45) is 11.8 Å². The summed E-state index contributed by atoms with van der Waals surface area (Å²) in [6.45, 7) is 12.5. The zero-order valence-electron chi connectivity index (χ0n) is 18.4. The zero-order chi connectivity index (χ0) is 21.5. The van der Waals surface area contributed by atoms with Crippen LogP contribution in [0, 0.1) is 11.8 Å². The van der Waals surface area contributed by atoms with Crippen molar-refractivity contribution in [1.82, 2.24) is 20.2 Å². The molecule has 3 aromatic rings. The summed E-state index contributed by atoms with van der Waals surface area (Å²) in [7, 11) is 0. The van der Waals surface area contributed by atoms with Gasteiger partial charge in [-0.25, -0.2) is 4.98 Å². The first-order chi connectivity index (χ1) is 14.4. The molecular weight excluding hydrogens is 372 g/mol. The van der Waals surface area contributed by atoms with E-state index in [4.69, 9.17) is 4.98 Å². The molecule has 1 aromatic carbocycles. The average Bonchev–Trinajstić information content (AvgIpc) is 2.72. The molecule has 0 unspecified atom stereocenters. The Morgan fingerprint density at radius 3 is 2.43 bits per heavy atom. The summed E-state index contributed by atoms with van der Waals surface area (Å²) in [5.74, 6) is 1.14. The molecule has 0 fully saturated rings. The van der Waals surface area contributed by atoms with E-state index in [1.54, 1.807) is 12.4 Å². The molecule has 158 valence electrons. The van der Waals surface area contributed by atoms with E-state index in [9.17, 15) is 4.79 Å². The summed E-state index contributed by atoms with van der Waals surface area (Å²) in [5, 5.41) is 3.99. The lowest BCUT2D eigenvalue weighted by Gasteiger charge is -2.26. The maximum absolute atomic E-state index is 13.1. The largest absolute Gasteiger partial charge is 0.351 e. The van der Waals surface area contributed by atoms with Crippen LogP contribution in [0.3, 0.4) is 0 Å². The molecule has 2 aromatic heterocycles. The van der Waals surface area contributed by atoms with Crippen LogP contribution in [0.4, 0.5) is 0 Å². The highest BCUT2D eigenvalue weighted by atomic mass is 16.1. The van der Waals surface area contributed by atoms with Crippen LogP contribution in [0.15, 0.2) is 54.9 Å². The minimum absolute atomic E-state index is 0.0622. The van der Waals surface area contributed by atoms with Gasteiger partial charge in [-0.05, 0) is 36.1 Å². The van der Waals surface area contributed by atoms with Gasteiger partial charge in [-0.15, -0.1) is 0 Å². The fourth-order valence-electron chi connectivity index (χ4n) is 3.74. The van der Waals surface area contributed by atoms with Crippen molar-refractivity contribution in [2.45, 2.75) is 27.7 Å². The van der Waals surface area contributed by atoms with E-state index in [0.717, 1.165) is 41.8 Å². The number of nitrogens with zero attached hydrogens (tertiary/aromatic N) is 3. The molecule has 0 aliphatic carbocycles. The monoisotopic (exact) mass is 404 g/mol. The highest BCUT2D eigenvalue weighted by Gasteiger charge is 2.15. The van der Waals surface area contributed by atoms with Gasteiger partial charge >= 0.3 is 0 Å². The molecule has 0 spiro atoms. The van der Waals surface area contributed by atoms with Crippen LogP contribution in [-0.4, -0.2) is 47.0 Å². The standard InChI is InChI=1S/C25H32N4O/c1-18(2)16-29(17-19(3)4)13-12-27-25(30)22-14-24(20-8-7-11-26-15-20)28-23-10-6-5-9-21(22)23/h5-11,14-15,18-19H,12-13,16-17H2,1-4H3,(H,27,30). The number of benzene rings is 1. The van der Waals surface area contributed by atoms with Crippen molar-refractivity contribution in [1.29, 1.82) is 0 Å². The molecule has 0 saturated heterocycles. The summed E-state index contributed by atoms with van der Waals surface area (Å²) < 4.78 is 0. The Kier molecular flexibility index (Phi) is 7.52. The fraction of sp³-hybridized carbons (Fsp3) is 0.400. The molecule has 3 rings (SSSR count). The van der Waals surface area contributed by atoms with Crippen molar-refractivity contribution < 1.29 is 4.79 Å². The lowest BCUT2D eigenvalue weighted by molar-refractivity contribution is 0.0948. The SMILES string of the molecule is CC(C)CN(CCNC(=O)c1cc(-c2cccnc2)nc2ccccc12)CC(C)C. The van der Waals surface area contributed by atoms with Crippen molar-refractivity contribution in [3.8, 4) is 11.3 Å². The van der Waals surface area contributed by atoms with Gasteiger partial charge in [-0.1, -0.05) is 45.9 Å². The second kappa shape index (κ2) is 10.3. The Hall–Kier alpha value is -2.79. The van der Waals surface area contributed by atoms with E-state index in [2.05, 4.69) is 42.9 Å². The number of aromatic nitrogens is 2. The third kappa shape index (κ3) is 5.86. The molecule has 0 saturated carbocycles. The number of hydrogen-bond acceptors (Lipinski definition) is 4. The molecular formula is C25H32N4O. The van der Waals surface area contributed by atoms with Crippen molar-refractivity contribution >= 4 is 16.8 Å². The highest BCUT2D eigenvalue weighted by Crippen LogP contribution is 2.24. The first kappa shape index (κ1) is 21.9. The second-order valence-electron chi connectivity index (χ2n) is 8.62. The summed E-state index contributed by atoms with van der Waals surface area (Å²) >= 11 is 0. The molecule has 5 nitrogen and oxygen atoms in total. The predicted octanol–water partition coefficient (Wildman–Crippen LogP) is 4.64. The molecule has 2 heterocycles. The van der Waals surface area contributed by atoms with Gasteiger partial charge in [-0.2, -0.15) is 0 Å². The maximum atomic E-state index is 13.1. The first-order valence-electron chi connectivity index (χ1n) is 10.7. The van der Waals surface area contributed by atoms with Crippen molar-refractivity contribution in [3.63, 3.8) is 0 Å². The van der Waals surface area contributed by atoms with Crippen LogP contribution < -0.4 is 5.32 Å². The van der Waals surface area contributed by atoms with Gasteiger partial charge in [0.25, 0.3) is 5.91 Å². The van der Waals surface area contributed by atoms with E-state index in [0.29, 0.717) is 23.9 Å². The highest BCUT2D eigenvalue weighted by molar-refractivity contribution is 6.07. The van der Waals surface area contributed by atoms with Crippen LogP contribution in [0.2, 0.25) is 0 Å². The number of carbonyl (C=O) groups is 1. The summed E-state index contributed by atoms with van der Waals surface area (Å²) in [6.07, 6.45) is 3.51. The molecule has 0 radical (unpaired) electrons. The molecule has 0 atom stereocenters. The van der Waals surface area contributed by atoms with E-state index < -0.39 is 0 Å². The van der Waals surface area contributed by atoms with Gasteiger partial charge in [0.15, 0.2) is 0 Å². The van der Waals surface area contributed by atoms with Crippen molar-refractivity contribution in [3.05, 3.63) is 60.4 Å². The van der Waals surface area contributed by atoms with Gasteiger partial charge in [0.1, 0.15) is 0 Å². The third-order valence-corrected chi connectivity index (χ3v) is 4.88. The van der Waals surface area contributed by atoms with Crippen LogP contribution in [0.5, 0.6) is 0 Å². The van der Waals surface area contributed by atoms with Crippen LogP contribution in [0.1, 0.15) is 38.1 Å². The number of hydrogen-bond donors (Lipinski definition) is 1. The molecule has 0 bridgehead atoms. The first-order valence-corrected chi connectivity index (χ1v) is 10.7. The number of nitrogens with one attached hydrogen (secondary N) is 1. The Bertz CT molecular complexity index is 959. The Balaban J connectivity index is 1.78. The topological polar surface area (TPSA) is 58.1 Å². The van der Waals surface area contributed by atoms with Crippen LogP contribution >= 0.6 is 0 Å². The fourth-order valence-corrected chi connectivity index (χ4v) is 3.74. The number of amides is 1. The number of rotatable bonds is 9. The molecule has 1 N–H and O–H groups in total. The van der Waals surface area contributed by atoms with Crippen molar-refractivity contribution in [2.75, 3.05) is 26.2 Å². The van der Waals surface area contributed by atoms with Gasteiger partial charge in [0.2, 0.25) is 0 Å². The number of carbonyl (C=O) groups excluding carboxylic acids is 1. The Labute approximate surface area is 179 Å². The number of para-hydroxylation sites is 1. The van der Waals surface area contributed by atoms with E-state index in [-0.39, 0.29) is 5.91 Å². The molecule has 0 aliphatic heterocycles. The van der Waals surface area contributed by atoms with Gasteiger partial charge in [-0.3, -0.25) is 9.78 Å². The lowest BCUT2D eigenvalue weighted by Crippen LogP contribution is -2.38. The summed E-state index contributed by atoms with van der Waals surface area (Å²) in [4.78, 5) is 24.4. The van der Waals surface area contributed by atoms with E-state index in [1.807, 2.05) is 42.5 Å². The molecule has 0 aliphatic rings. The summed E-state index contributed by atoms with van der Waals surface area (Å²) in [5.41, 5.74) is 3.12. The van der Waals surface area contributed by atoms with Gasteiger partial charge < -0.3 is 10.2 Å². The van der Waals surface area contributed by atoms with Crippen LogP contribution in [0.25, 0.3) is 22.2 Å². The number of fused-ring (bicyclic) bond motifs is 1. The summed E-state index contributed by atoms with van der Waals surface area (Å²) in [6, 6.07) is 13.5. The van der Waals surface area contributed by atoms with Gasteiger partial charge in [0.05, 0.1) is 16.8 Å². The zero-order valence-corrected chi connectivity index (χ0v) is 18.4. The quantitative estimate of drug-likeness (QED) is 0.564. The minimum atomic E-state index is -0.0622. The minimum Gasteiger partial charge on any atom is -0.351 e. The third-order valence-electron chi connectivity index (χ3n) is 4.88. The maximum Gasteiger partial charge on any atom is 0.252 e. The molecule has 30 heavy (non-hydrogen) atoms. The normalized spacial score (nSPS) is 11.6.